The molecule has 3 unspecified atom stereocenters. The van der Waals surface area contributed by atoms with Crippen LogP contribution in [0, 0.1) is 0 Å². The van der Waals surface area contributed by atoms with Gasteiger partial charge in [-0.1, -0.05) is 0 Å². The fourth-order valence-electron chi connectivity index (χ4n) is 1.95. The van der Waals surface area contributed by atoms with Crippen LogP contribution in [-0.4, -0.2) is 77.1 Å². The number of carbonyl (C=O) groups excluding carboxylic acids is 4. The van der Waals surface area contributed by atoms with Gasteiger partial charge < -0.3 is 32.5 Å². The summed E-state index contributed by atoms with van der Waals surface area (Å²) in [5.74, 6) is -3.24. The second-order valence-electron chi connectivity index (χ2n) is 5.81. The minimum Gasteiger partial charge on any atom is -0.480 e. The summed E-state index contributed by atoms with van der Waals surface area (Å²) in [5.41, 5.74) is 10.5. The summed E-state index contributed by atoms with van der Waals surface area (Å²) in [6.45, 7) is -0.497. The Morgan fingerprint density at radius 2 is 1.71 bits per heavy atom. The van der Waals surface area contributed by atoms with E-state index in [9.17, 15) is 24.0 Å². The van der Waals surface area contributed by atoms with Crippen molar-refractivity contribution in [1.82, 2.24) is 16.0 Å². The highest BCUT2D eigenvalue weighted by molar-refractivity contribution is 7.98. The monoisotopic (exact) mass is 437 g/mol. The molecule has 4 amide bonds. The van der Waals surface area contributed by atoms with Gasteiger partial charge in [0.05, 0.1) is 12.6 Å². The molecule has 13 heteroatoms. The van der Waals surface area contributed by atoms with E-state index in [1.807, 2.05) is 6.26 Å². The van der Waals surface area contributed by atoms with E-state index in [-0.39, 0.29) is 18.6 Å². The van der Waals surface area contributed by atoms with E-state index in [0.717, 1.165) is 0 Å². The third-order valence-electron chi connectivity index (χ3n) is 3.51. The highest BCUT2D eigenvalue weighted by Crippen LogP contribution is 2.02. The molecule has 0 aromatic heterocycles. The van der Waals surface area contributed by atoms with Crippen LogP contribution in [0.4, 0.5) is 0 Å². The number of amides is 4. The first-order valence-electron chi connectivity index (χ1n) is 8.36. The third kappa shape index (κ3) is 11.0. The van der Waals surface area contributed by atoms with E-state index < -0.39 is 54.3 Å². The number of nitrogens with two attached hydrogens (primary N) is 2. The number of hydrogen-bond donors (Lipinski definition) is 7. The molecule has 0 aliphatic carbocycles. The molecule has 0 heterocycles. The molecule has 0 spiro atoms. The van der Waals surface area contributed by atoms with Crippen LogP contribution in [0.15, 0.2) is 0 Å². The molecular weight excluding hydrogens is 410 g/mol. The van der Waals surface area contributed by atoms with Gasteiger partial charge in [-0.05, 0) is 24.9 Å². The van der Waals surface area contributed by atoms with E-state index in [0.29, 0.717) is 12.2 Å². The fraction of sp³-hybridized carbons (Fsp3) is 0.667. The fourth-order valence-corrected chi connectivity index (χ4v) is 2.58. The average Bonchev–Trinajstić information content (AvgIpc) is 2.64. The highest BCUT2D eigenvalue weighted by atomic mass is 32.2. The Hall–Kier alpha value is -1.99. The van der Waals surface area contributed by atoms with Crippen LogP contribution in [0.25, 0.3) is 0 Å². The van der Waals surface area contributed by atoms with E-state index in [4.69, 9.17) is 16.6 Å². The van der Waals surface area contributed by atoms with Gasteiger partial charge in [0, 0.05) is 12.2 Å². The first-order valence-corrected chi connectivity index (χ1v) is 10.4. The number of thiol groups is 1. The zero-order chi connectivity index (χ0) is 21.7. The normalized spacial score (nSPS) is 13.7. The molecule has 28 heavy (non-hydrogen) atoms. The SMILES string of the molecule is CSCCC(NC(=O)C(N)CS)C(=O)NCC(=O)NC(CCC(N)=O)C(=O)O. The number of carboxylic acids is 1. The van der Waals surface area contributed by atoms with Crippen LogP contribution in [-0.2, 0) is 24.0 Å². The Kier molecular flexibility index (Phi) is 13.1. The Morgan fingerprint density at radius 1 is 1.07 bits per heavy atom. The summed E-state index contributed by atoms with van der Waals surface area (Å²) in [6.07, 6.45) is 1.77. The molecule has 0 fully saturated rings. The molecule has 11 nitrogen and oxygen atoms in total. The molecule has 160 valence electrons. The molecule has 0 aliphatic rings. The first-order chi connectivity index (χ1) is 13.1. The lowest BCUT2D eigenvalue weighted by atomic mass is 10.1. The molecule has 0 bridgehead atoms. The van der Waals surface area contributed by atoms with Crippen molar-refractivity contribution >= 4 is 54.0 Å². The molecule has 0 radical (unpaired) electrons. The summed E-state index contributed by atoms with van der Waals surface area (Å²) < 4.78 is 0. The minimum absolute atomic E-state index is 0.104. The zero-order valence-electron chi connectivity index (χ0n) is 15.5. The lowest BCUT2D eigenvalue weighted by Crippen LogP contribution is -2.54. The molecule has 0 rings (SSSR count). The number of carboxylic acid groups (broad SMARTS) is 1. The van der Waals surface area contributed by atoms with Crippen molar-refractivity contribution in [1.29, 1.82) is 0 Å². The molecular formula is C15H27N5O6S2. The lowest BCUT2D eigenvalue weighted by Gasteiger charge is -2.20. The minimum atomic E-state index is -1.33. The van der Waals surface area contributed by atoms with Gasteiger partial charge in [-0.15, -0.1) is 0 Å². The van der Waals surface area contributed by atoms with Gasteiger partial charge >= 0.3 is 5.97 Å². The summed E-state index contributed by atoms with van der Waals surface area (Å²) >= 11 is 5.40. The Labute approximate surface area is 172 Å². The summed E-state index contributed by atoms with van der Waals surface area (Å²) in [6, 6.07) is -3.08. The second kappa shape index (κ2) is 14.1. The van der Waals surface area contributed by atoms with Gasteiger partial charge in [0.15, 0.2) is 0 Å². The van der Waals surface area contributed by atoms with Crippen molar-refractivity contribution < 1.29 is 29.1 Å². The van der Waals surface area contributed by atoms with Crippen LogP contribution < -0.4 is 27.4 Å². The number of thioether (sulfide) groups is 1. The molecule has 0 saturated heterocycles. The number of aliphatic carboxylic acids is 1. The number of nitrogens with one attached hydrogen (secondary N) is 3. The third-order valence-corrected chi connectivity index (χ3v) is 4.55. The van der Waals surface area contributed by atoms with Crippen molar-refractivity contribution in [2.45, 2.75) is 37.4 Å². The standard InChI is InChI=1S/C15H27N5O6S2/c1-28-5-4-9(20-13(23)8(16)7-27)14(24)18-6-12(22)19-10(15(25)26)2-3-11(17)21/h8-10,27H,2-7,16H2,1H3,(H2,17,21)(H,18,24)(H,19,22)(H,20,23)(H,25,26). The maximum absolute atomic E-state index is 12.3. The molecule has 3 atom stereocenters. The Balaban J connectivity index is 4.71. The van der Waals surface area contributed by atoms with Gasteiger partial charge in [-0.25, -0.2) is 4.79 Å². The van der Waals surface area contributed by atoms with Gasteiger partial charge in [0.1, 0.15) is 12.1 Å². The van der Waals surface area contributed by atoms with E-state index in [1.54, 1.807) is 0 Å². The van der Waals surface area contributed by atoms with Gasteiger partial charge in [0.25, 0.3) is 0 Å². The summed E-state index contributed by atoms with van der Waals surface area (Å²) in [5, 5.41) is 16.1. The molecule has 0 aliphatic heterocycles. The van der Waals surface area contributed by atoms with Crippen molar-refractivity contribution in [3.8, 4) is 0 Å². The van der Waals surface area contributed by atoms with Crippen molar-refractivity contribution in [2.24, 2.45) is 11.5 Å². The second-order valence-corrected chi connectivity index (χ2v) is 7.16. The van der Waals surface area contributed by atoms with Crippen molar-refractivity contribution in [2.75, 3.05) is 24.3 Å². The van der Waals surface area contributed by atoms with Crippen LogP contribution in [0.3, 0.4) is 0 Å². The molecule has 0 saturated carbocycles. The quantitative estimate of drug-likeness (QED) is 0.144. The number of hydrogen-bond acceptors (Lipinski definition) is 8. The van der Waals surface area contributed by atoms with Gasteiger partial charge in [0.2, 0.25) is 23.6 Å². The van der Waals surface area contributed by atoms with Crippen LogP contribution in [0.2, 0.25) is 0 Å². The van der Waals surface area contributed by atoms with Gasteiger partial charge in [-0.2, -0.15) is 24.4 Å². The molecule has 0 aromatic rings. The Bertz CT molecular complexity index is 577. The number of rotatable bonds is 14. The largest absolute Gasteiger partial charge is 0.480 e. The number of primary amides is 1. The first kappa shape index (κ1) is 26.0. The molecule has 0 aromatic carbocycles. The van der Waals surface area contributed by atoms with Crippen LogP contribution in [0.1, 0.15) is 19.3 Å². The maximum atomic E-state index is 12.3. The van der Waals surface area contributed by atoms with Crippen molar-refractivity contribution in [3.05, 3.63) is 0 Å². The predicted molar refractivity (Wildman–Crippen MR) is 108 cm³/mol. The van der Waals surface area contributed by atoms with Crippen LogP contribution in [0.5, 0.6) is 0 Å². The topological polar surface area (TPSA) is 194 Å². The highest BCUT2D eigenvalue weighted by Gasteiger charge is 2.24. The van der Waals surface area contributed by atoms with Crippen molar-refractivity contribution in [3.63, 3.8) is 0 Å². The summed E-state index contributed by atoms with van der Waals surface area (Å²) in [4.78, 5) is 57.9. The lowest BCUT2D eigenvalue weighted by molar-refractivity contribution is -0.142. The molecule has 8 N–H and O–H groups in total. The average molecular weight is 438 g/mol. The Morgan fingerprint density at radius 3 is 2.21 bits per heavy atom. The smallest absolute Gasteiger partial charge is 0.326 e. The number of carbonyl (C=O) groups is 5. The van der Waals surface area contributed by atoms with Crippen LogP contribution >= 0.6 is 24.4 Å². The van der Waals surface area contributed by atoms with E-state index >= 15 is 0 Å². The summed E-state index contributed by atoms with van der Waals surface area (Å²) in [7, 11) is 0. The maximum Gasteiger partial charge on any atom is 0.326 e. The van der Waals surface area contributed by atoms with E-state index in [2.05, 4.69) is 28.6 Å². The zero-order valence-corrected chi connectivity index (χ0v) is 17.2. The van der Waals surface area contributed by atoms with Gasteiger partial charge in [-0.3, -0.25) is 19.2 Å². The van der Waals surface area contributed by atoms with E-state index in [1.165, 1.54) is 11.8 Å². The predicted octanol–water partition coefficient (Wildman–Crippen LogP) is -2.57.